The van der Waals surface area contributed by atoms with Crippen molar-refractivity contribution in [2.75, 3.05) is 25.1 Å². The molecular weight excluding hydrogens is 292 g/mol. The van der Waals surface area contributed by atoms with E-state index in [1.54, 1.807) is 37.1 Å². The Bertz CT molecular complexity index is 562. The summed E-state index contributed by atoms with van der Waals surface area (Å²) >= 11 is 6.11. The van der Waals surface area contributed by atoms with Crippen LogP contribution in [0.4, 0.5) is 5.69 Å². The van der Waals surface area contributed by atoms with Crippen molar-refractivity contribution in [1.82, 2.24) is 4.90 Å². The predicted octanol–water partition coefficient (Wildman–Crippen LogP) is 1.92. The van der Waals surface area contributed by atoms with E-state index in [0.717, 1.165) is 6.42 Å². The lowest BCUT2D eigenvalue weighted by atomic mass is 10.1. The highest BCUT2D eigenvalue weighted by atomic mass is 35.5. The Morgan fingerprint density at radius 1 is 1.52 bits per heavy atom. The molecule has 1 atom stereocenters. The van der Waals surface area contributed by atoms with E-state index in [1.807, 2.05) is 0 Å². The van der Waals surface area contributed by atoms with Crippen molar-refractivity contribution in [2.45, 2.75) is 25.8 Å². The van der Waals surface area contributed by atoms with Gasteiger partial charge in [-0.2, -0.15) is 0 Å². The zero-order valence-corrected chi connectivity index (χ0v) is 12.9. The van der Waals surface area contributed by atoms with Gasteiger partial charge in [0.1, 0.15) is 0 Å². The van der Waals surface area contributed by atoms with Crippen LogP contribution in [0.25, 0.3) is 0 Å². The first-order chi connectivity index (χ1) is 9.95. The minimum absolute atomic E-state index is 0.0628. The Morgan fingerprint density at radius 3 is 2.81 bits per heavy atom. The molecule has 2 amide bonds. The van der Waals surface area contributed by atoms with E-state index in [2.05, 4.69) is 0 Å². The summed E-state index contributed by atoms with van der Waals surface area (Å²) in [4.78, 5) is 27.3. The highest BCUT2D eigenvalue weighted by molar-refractivity contribution is 6.34. The van der Waals surface area contributed by atoms with Gasteiger partial charge < -0.3 is 14.9 Å². The number of likely N-dealkylation sites (N-methyl/N-ethyl adjacent to an activating group) is 1. The zero-order valence-electron chi connectivity index (χ0n) is 12.2. The number of nitrogens with zero attached hydrogens (tertiary/aromatic N) is 2. The van der Waals surface area contributed by atoms with Crippen molar-refractivity contribution in [2.24, 2.45) is 0 Å². The molecule has 0 saturated carbocycles. The number of aliphatic hydroxyl groups is 1. The topological polar surface area (TPSA) is 60.9 Å². The van der Waals surface area contributed by atoms with E-state index in [9.17, 15) is 9.59 Å². The largest absolute Gasteiger partial charge is 0.394 e. The number of rotatable bonds is 4. The average Bonchev–Trinajstić information content (AvgIpc) is 2.91. The molecule has 5 nitrogen and oxygen atoms in total. The van der Waals surface area contributed by atoms with Gasteiger partial charge in [0, 0.05) is 25.7 Å². The molecule has 114 valence electrons. The minimum Gasteiger partial charge on any atom is -0.394 e. The molecule has 1 unspecified atom stereocenters. The maximum absolute atomic E-state index is 12.4. The van der Waals surface area contributed by atoms with E-state index >= 15 is 0 Å². The Balaban J connectivity index is 2.31. The number of hydrogen-bond donors (Lipinski definition) is 1. The SMILES string of the molecule is CC(CO)N(C)C(=O)c1cc(N2CCCC2=O)ccc1Cl. The van der Waals surface area contributed by atoms with Crippen molar-refractivity contribution in [3.8, 4) is 0 Å². The molecule has 1 fully saturated rings. The number of halogens is 1. The van der Waals surface area contributed by atoms with E-state index < -0.39 is 0 Å². The molecule has 1 saturated heterocycles. The van der Waals surface area contributed by atoms with E-state index in [1.165, 1.54) is 4.90 Å². The first kappa shape index (κ1) is 15.8. The fraction of sp³-hybridized carbons (Fsp3) is 0.467. The third kappa shape index (κ3) is 3.19. The van der Waals surface area contributed by atoms with Crippen molar-refractivity contribution in [3.63, 3.8) is 0 Å². The van der Waals surface area contributed by atoms with Gasteiger partial charge in [-0.15, -0.1) is 0 Å². The highest BCUT2D eigenvalue weighted by Crippen LogP contribution is 2.27. The second-order valence-corrected chi connectivity index (χ2v) is 5.67. The molecule has 1 aromatic rings. The number of aliphatic hydroxyl groups excluding tert-OH is 1. The quantitative estimate of drug-likeness (QED) is 0.924. The average molecular weight is 311 g/mol. The Labute approximate surface area is 129 Å². The van der Waals surface area contributed by atoms with Crippen LogP contribution in [0.3, 0.4) is 0 Å². The monoisotopic (exact) mass is 310 g/mol. The summed E-state index contributed by atoms with van der Waals surface area (Å²) in [5, 5.41) is 9.49. The maximum Gasteiger partial charge on any atom is 0.255 e. The molecule has 0 aromatic heterocycles. The molecular formula is C15H19ClN2O3. The summed E-state index contributed by atoms with van der Waals surface area (Å²) in [5.74, 6) is -0.206. The first-order valence-electron chi connectivity index (χ1n) is 6.93. The number of hydrogen-bond acceptors (Lipinski definition) is 3. The number of carbonyl (C=O) groups excluding carboxylic acids is 2. The van der Waals surface area contributed by atoms with Gasteiger partial charge in [-0.25, -0.2) is 0 Å². The van der Waals surface area contributed by atoms with Gasteiger partial charge in [-0.1, -0.05) is 11.6 Å². The van der Waals surface area contributed by atoms with Crippen LogP contribution in [0.15, 0.2) is 18.2 Å². The molecule has 1 heterocycles. The van der Waals surface area contributed by atoms with Crippen LogP contribution in [0, 0.1) is 0 Å². The van der Waals surface area contributed by atoms with Crippen LogP contribution in [0.5, 0.6) is 0 Å². The standard InChI is InChI=1S/C15H19ClN2O3/c1-10(9-19)17(2)15(21)12-8-11(5-6-13(12)16)18-7-3-4-14(18)20/h5-6,8,10,19H,3-4,7,9H2,1-2H3. The van der Waals surface area contributed by atoms with E-state index in [-0.39, 0.29) is 24.5 Å². The summed E-state index contributed by atoms with van der Waals surface area (Å²) in [7, 11) is 1.62. The molecule has 1 aromatic carbocycles. The van der Waals surface area contributed by atoms with Gasteiger partial charge in [-0.3, -0.25) is 9.59 Å². The second-order valence-electron chi connectivity index (χ2n) is 5.26. The molecule has 1 N–H and O–H groups in total. The number of amides is 2. The Hall–Kier alpha value is -1.59. The van der Waals surface area contributed by atoms with Gasteiger partial charge in [0.25, 0.3) is 5.91 Å². The smallest absolute Gasteiger partial charge is 0.255 e. The second kappa shape index (κ2) is 6.45. The molecule has 6 heteroatoms. The van der Waals surface area contributed by atoms with Crippen LogP contribution in [-0.2, 0) is 4.79 Å². The van der Waals surface area contributed by atoms with Crippen molar-refractivity contribution < 1.29 is 14.7 Å². The lowest BCUT2D eigenvalue weighted by molar-refractivity contribution is -0.117. The van der Waals surface area contributed by atoms with Crippen LogP contribution in [0.2, 0.25) is 5.02 Å². The Kier molecular flexibility index (Phi) is 4.85. The third-order valence-electron chi connectivity index (χ3n) is 3.81. The van der Waals surface area contributed by atoms with Gasteiger partial charge >= 0.3 is 0 Å². The van der Waals surface area contributed by atoms with Crippen LogP contribution < -0.4 is 4.90 Å². The molecule has 1 aliphatic heterocycles. The first-order valence-corrected chi connectivity index (χ1v) is 7.31. The van der Waals surface area contributed by atoms with E-state index in [4.69, 9.17) is 16.7 Å². The molecule has 0 aliphatic carbocycles. The van der Waals surface area contributed by atoms with Crippen molar-refractivity contribution in [3.05, 3.63) is 28.8 Å². The van der Waals surface area contributed by atoms with Crippen LogP contribution in [0.1, 0.15) is 30.1 Å². The fourth-order valence-corrected chi connectivity index (χ4v) is 2.48. The zero-order chi connectivity index (χ0) is 15.6. The normalized spacial score (nSPS) is 16.2. The lowest BCUT2D eigenvalue weighted by Gasteiger charge is -2.24. The summed E-state index contributed by atoms with van der Waals surface area (Å²) in [5.41, 5.74) is 1.03. The molecule has 0 spiro atoms. The summed E-state index contributed by atoms with van der Waals surface area (Å²) in [6, 6.07) is 4.73. The molecule has 0 radical (unpaired) electrons. The molecule has 0 bridgehead atoms. The lowest BCUT2D eigenvalue weighted by Crippen LogP contribution is -2.37. The Morgan fingerprint density at radius 2 is 2.24 bits per heavy atom. The minimum atomic E-state index is -0.300. The van der Waals surface area contributed by atoms with Gasteiger partial charge in [-0.05, 0) is 31.5 Å². The summed E-state index contributed by atoms with van der Waals surface area (Å²) in [6.45, 7) is 2.29. The maximum atomic E-state index is 12.4. The third-order valence-corrected chi connectivity index (χ3v) is 4.14. The van der Waals surface area contributed by atoms with Gasteiger partial charge in [0.05, 0.1) is 23.2 Å². The highest BCUT2D eigenvalue weighted by Gasteiger charge is 2.25. The summed E-state index contributed by atoms with van der Waals surface area (Å²) < 4.78 is 0. The van der Waals surface area contributed by atoms with E-state index in [0.29, 0.717) is 29.2 Å². The molecule has 21 heavy (non-hydrogen) atoms. The van der Waals surface area contributed by atoms with Crippen LogP contribution in [-0.4, -0.2) is 48.1 Å². The van der Waals surface area contributed by atoms with Crippen LogP contribution >= 0.6 is 11.6 Å². The van der Waals surface area contributed by atoms with Crippen molar-refractivity contribution in [1.29, 1.82) is 0 Å². The van der Waals surface area contributed by atoms with Gasteiger partial charge in [0.15, 0.2) is 0 Å². The predicted molar refractivity (Wildman–Crippen MR) is 81.7 cm³/mol. The number of anilines is 1. The number of benzene rings is 1. The number of carbonyl (C=O) groups is 2. The fourth-order valence-electron chi connectivity index (χ4n) is 2.28. The summed E-state index contributed by atoms with van der Waals surface area (Å²) in [6.07, 6.45) is 1.36. The molecule has 2 rings (SSSR count). The molecule has 1 aliphatic rings. The van der Waals surface area contributed by atoms with Crippen molar-refractivity contribution >= 4 is 29.1 Å². The van der Waals surface area contributed by atoms with Gasteiger partial charge in [0.2, 0.25) is 5.91 Å².